The van der Waals surface area contributed by atoms with Crippen LogP contribution in [-0.2, 0) is 10.5 Å². The van der Waals surface area contributed by atoms with E-state index in [4.69, 9.17) is 0 Å². The maximum atomic E-state index is 13.7. The van der Waals surface area contributed by atoms with Crippen LogP contribution in [0.1, 0.15) is 30.9 Å². The molecule has 2 aromatic rings. The average Bonchev–Trinajstić information content (AvgIpc) is 2.50. The van der Waals surface area contributed by atoms with Crippen LogP contribution in [0.25, 0.3) is 0 Å². The van der Waals surface area contributed by atoms with Crippen LogP contribution in [0.3, 0.4) is 0 Å². The molecule has 1 amide bonds. The van der Waals surface area contributed by atoms with Crippen LogP contribution < -0.4 is 5.32 Å². The molecule has 0 aromatic heterocycles. The van der Waals surface area contributed by atoms with Gasteiger partial charge in [0.05, 0.1) is 5.75 Å². The van der Waals surface area contributed by atoms with E-state index in [0.29, 0.717) is 27.5 Å². The van der Waals surface area contributed by atoms with Crippen LogP contribution in [-0.4, -0.2) is 11.7 Å². The van der Waals surface area contributed by atoms with Gasteiger partial charge >= 0.3 is 0 Å². The topological polar surface area (TPSA) is 29.1 Å². The van der Waals surface area contributed by atoms with Gasteiger partial charge in [0.2, 0.25) is 5.91 Å². The number of nitrogens with one attached hydrogen (secondary N) is 1. The van der Waals surface area contributed by atoms with Gasteiger partial charge in [-0.15, -0.1) is 11.8 Å². The van der Waals surface area contributed by atoms with Crippen LogP contribution in [0.2, 0.25) is 0 Å². The second-order valence-electron chi connectivity index (χ2n) is 5.52. The third-order valence-corrected chi connectivity index (χ3v) is 4.84. The minimum atomic E-state index is -0.252. The van der Waals surface area contributed by atoms with Crippen LogP contribution in [0.5, 0.6) is 0 Å². The number of para-hydroxylation sites is 1. The zero-order valence-corrected chi connectivity index (χ0v) is 15.5. The molecule has 0 saturated carbocycles. The molecule has 0 radical (unpaired) electrons. The number of carbonyl (C=O) groups is 1. The highest BCUT2D eigenvalue weighted by molar-refractivity contribution is 9.10. The van der Waals surface area contributed by atoms with Crippen molar-refractivity contribution in [2.24, 2.45) is 0 Å². The van der Waals surface area contributed by atoms with Crippen molar-refractivity contribution in [3.8, 4) is 0 Å². The first kappa shape index (κ1) is 18.0. The second kappa shape index (κ2) is 8.50. The highest BCUT2D eigenvalue weighted by atomic mass is 79.9. The van der Waals surface area contributed by atoms with E-state index in [1.807, 2.05) is 24.3 Å². The Balaban J connectivity index is 1.88. The van der Waals surface area contributed by atoms with E-state index >= 15 is 0 Å². The van der Waals surface area contributed by atoms with Gasteiger partial charge in [-0.2, -0.15) is 0 Å². The van der Waals surface area contributed by atoms with Crippen LogP contribution in [0, 0.1) is 5.82 Å². The average molecular weight is 396 g/mol. The van der Waals surface area contributed by atoms with Crippen molar-refractivity contribution in [1.29, 1.82) is 0 Å². The summed E-state index contributed by atoms with van der Waals surface area (Å²) in [6.45, 7) is 4.19. The number of halogens is 2. The Hall–Kier alpha value is -1.33. The van der Waals surface area contributed by atoms with Gasteiger partial charge in [-0.05, 0) is 35.2 Å². The van der Waals surface area contributed by atoms with Gasteiger partial charge < -0.3 is 5.32 Å². The summed E-state index contributed by atoms with van der Waals surface area (Å²) in [7, 11) is 0. The smallest absolute Gasteiger partial charge is 0.234 e. The number of rotatable bonds is 6. The molecule has 0 spiro atoms. The standard InChI is InChI=1S/C18H19BrFNOS/c1-12(2)15-5-3-4-6-17(15)21-18(22)11-23-10-13-7-8-14(19)9-16(13)20/h3-9,12H,10-11H2,1-2H3,(H,21,22). The first-order chi connectivity index (χ1) is 11.0. The molecule has 5 heteroatoms. The van der Waals surface area contributed by atoms with E-state index in [0.717, 1.165) is 11.3 Å². The molecule has 0 heterocycles. The van der Waals surface area contributed by atoms with Gasteiger partial charge in [0.25, 0.3) is 0 Å². The Morgan fingerprint density at radius 3 is 2.70 bits per heavy atom. The monoisotopic (exact) mass is 395 g/mol. The van der Waals surface area contributed by atoms with Crippen molar-refractivity contribution in [2.75, 3.05) is 11.1 Å². The molecular formula is C18H19BrFNOS. The van der Waals surface area contributed by atoms with Crippen molar-refractivity contribution in [3.05, 3.63) is 63.9 Å². The van der Waals surface area contributed by atoms with Crippen molar-refractivity contribution in [2.45, 2.75) is 25.5 Å². The lowest BCUT2D eigenvalue weighted by molar-refractivity contribution is -0.113. The van der Waals surface area contributed by atoms with Crippen molar-refractivity contribution in [1.82, 2.24) is 0 Å². The number of benzene rings is 2. The van der Waals surface area contributed by atoms with Gasteiger partial charge in [0, 0.05) is 15.9 Å². The minimum Gasteiger partial charge on any atom is -0.325 e. The van der Waals surface area contributed by atoms with E-state index in [1.165, 1.54) is 17.8 Å². The van der Waals surface area contributed by atoms with E-state index in [2.05, 4.69) is 35.1 Å². The molecule has 0 aliphatic carbocycles. The summed E-state index contributed by atoms with van der Waals surface area (Å²) in [4.78, 5) is 12.1. The number of carbonyl (C=O) groups excluding carboxylic acids is 1. The van der Waals surface area contributed by atoms with Gasteiger partial charge in [0.1, 0.15) is 5.82 Å². The second-order valence-corrected chi connectivity index (χ2v) is 7.42. The maximum Gasteiger partial charge on any atom is 0.234 e. The Morgan fingerprint density at radius 1 is 1.26 bits per heavy atom. The van der Waals surface area contributed by atoms with Crippen molar-refractivity contribution >= 4 is 39.3 Å². The Bertz CT molecular complexity index is 690. The van der Waals surface area contributed by atoms with E-state index < -0.39 is 0 Å². The predicted octanol–water partition coefficient (Wildman–Crippen LogP) is 5.58. The van der Waals surface area contributed by atoms with Crippen LogP contribution in [0.4, 0.5) is 10.1 Å². The van der Waals surface area contributed by atoms with Crippen molar-refractivity contribution < 1.29 is 9.18 Å². The van der Waals surface area contributed by atoms with Crippen LogP contribution >= 0.6 is 27.7 Å². The number of hydrogen-bond donors (Lipinski definition) is 1. The SMILES string of the molecule is CC(C)c1ccccc1NC(=O)CSCc1ccc(Br)cc1F. The molecule has 122 valence electrons. The molecule has 0 unspecified atom stereocenters. The maximum absolute atomic E-state index is 13.7. The Labute approximate surface area is 149 Å². The summed E-state index contributed by atoms with van der Waals surface area (Å²) in [5.74, 6) is 0.786. The lowest BCUT2D eigenvalue weighted by Gasteiger charge is -2.13. The first-order valence-corrected chi connectivity index (χ1v) is 9.32. The third kappa shape index (κ3) is 5.36. The summed E-state index contributed by atoms with van der Waals surface area (Å²) < 4.78 is 14.4. The fourth-order valence-electron chi connectivity index (χ4n) is 2.19. The molecule has 1 N–H and O–H groups in total. The van der Waals surface area contributed by atoms with Gasteiger partial charge in [-0.25, -0.2) is 4.39 Å². The largest absolute Gasteiger partial charge is 0.325 e. The van der Waals surface area contributed by atoms with Gasteiger partial charge in [-0.1, -0.05) is 54.0 Å². The first-order valence-electron chi connectivity index (χ1n) is 7.38. The third-order valence-electron chi connectivity index (χ3n) is 3.36. The Kier molecular flexibility index (Phi) is 6.66. The van der Waals surface area contributed by atoms with E-state index in [1.54, 1.807) is 12.1 Å². The quantitative estimate of drug-likeness (QED) is 0.690. The normalized spacial score (nSPS) is 10.8. The summed E-state index contributed by atoms with van der Waals surface area (Å²) in [6, 6.07) is 12.8. The molecular weight excluding hydrogens is 377 g/mol. The summed E-state index contributed by atoms with van der Waals surface area (Å²) in [5.41, 5.74) is 2.57. The van der Waals surface area contributed by atoms with Gasteiger partial charge in [-0.3, -0.25) is 4.79 Å². The summed E-state index contributed by atoms with van der Waals surface area (Å²) >= 11 is 4.63. The predicted molar refractivity (Wildman–Crippen MR) is 99.4 cm³/mol. The number of anilines is 1. The molecule has 0 bridgehead atoms. The van der Waals surface area contributed by atoms with Crippen molar-refractivity contribution in [3.63, 3.8) is 0 Å². The van der Waals surface area contributed by atoms with Gasteiger partial charge in [0.15, 0.2) is 0 Å². The molecule has 0 fully saturated rings. The lowest BCUT2D eigenvalue weighted by Crippen LogP contribution is -2.15. The minimum absolute atomic E-state index is 0.0689. The lowest BCUT2D eigenvalue weighted by atomic mass is 10.0. The van der Waals surface area contributed by atoms with Crippen LogP contribution in [0.15, 0.2) is 46.9 Å². The van der Waals surface area contributed by atoms with E-state index in [-0.39, 0.29) is 11.7 Å². The fraction of sp³-hybridized carbons (Fsp3) is 0.278. The fourth-order valence-corrected chi connectivity index (χ4v) is 3.34. The number of thioether (sulfide) groups is 1. The molecule has 23 heavy (non-hydrogen) atoms. The molecule has 0 aliphatic rings. The summed E-state index contributed by atoms with van der Waals surface area (Å²) in [5, 5.41) is 2.94. The number of amides is 1. The highest BCUT2D eigenvalue weighted by Gasteiger charge is 2.10. The molecule has 0 aliphatic heterocycles. The zero-order chi connectivity index (χ0) is 16.8. The molecule has 2 nitrogen and oxygen atoms in total. The summed E-state index contributed by atoms with van der Waals surface area (Å²) in [6.07, 6.45) is 0. The number of hydrogen-bond acceptors (Lipinski definition) is 2. The highest BCUT2D eigenvalue weighted by Crippen LogP contribution is 2.24. The molecule has 2 aromatic carbocycles. The molecule has 0 saturated heterocycles. The Morgan fingerprint density at radius 2 is 2.00 bits per heavy atom. The molecule has 0 atom stereocenters. The van der Waals surface area contributed by atoms with E-state index in [9.17, 15) is 9.18 Å². The zero-order valence-electron chi connectivity index (χ0n) is 13.1. The molecule has 2 rings (SSSR count).